The minimum atomic E-state index is -4.56. The van der Waals surface area contributed by atoms with Crippen LogP contribution in [0.1, 0.15) is 33.2 Å². The molecule has 0 radical (unpaired) electrons. The van der Waals surface area contributed by atoms with Gasteiger partial charge in [-0.25, -0.2) is 0 Å². The summed E-state index contributed by atoms with van der Waals surface area (Å²) in [5.74, 6) is -0.913. The molecule has 8 heteroatoms. The molecule has 0 aliphatic rings. The van der Waals surface area contributed by atoms with E-state index < -0.39 is 35.4 Å². The van der Waals surface area contributed by atoms with Crippen LogP contribution < -0.4 is 0 Å². The van der Waals surface area contributed by atoms with E-state index in [0.29, 0.717) is 24.3 Å². The maximum absolute atomic E-state index is 12.5. The van der Waals surface area contributed by atoms with Crippen LogP contribution >= 0.6 is 0 Å². The van der Waals surface area contributed by atoms with E-state index in [1.165, 1.54) is 0 Å². The first-order valence-corrected chi connectivity index (χ1v) is 6.57. The molecule has 2 aromatic carbocycles. The highest BCUT2D eigenvalue weighted by Crippen LogP contribution is 2.31. The predicted molar refractivity (Wildman–Crippen MR) is 72.2 cm³/mol. The zero-order valence-corrected chi connectivity index (χ0v) is 11.8. The first-order chi connectivity index (χ1) is 11.0. The number of alkyl halides is 6. The molecule has 0 aliphatic carbocycles. The van der Waals surface area contributed by atoms with Gasteiger partial charge in [0.15, 0.2) is 5.78 Å². The summed E-state index contributed by atoms with van der Waals surface area (Å²) in [5.41, 5.74) is -2.17. The maximum atomic E-state index is 12.5. The molecule has 2 nitrogen and oxygen atoms in total. The van der Waals surface area contributed by atoms with Gasteiger partial charge in [-0.3, -0.25) is 4.79 Å². The number of hydrogen-bond acceptors (Lipinski definition) is 2. The fraction of sp³-hybridized carbons (Fsp3) is 0.188. The van der Waals surface area contributed by atoms with Crippen LogP contribution in [0.15, 0.2) is 48.5 Å². The lowest BCUT2D eigenvalue weighted by atomic mass is 9.98. The Labute approximate surface area is 132 Å². The molecule has 0 heterocycles. The molecule has 0 saturated heterocycles. The van der Waals surface area contributed by atoms with E-state index in [-0.39, 0.29) is 11.1 Å². The molecule has 128 valence electrons. The van der Waals surface area contributed by atoms with E-state index in [0.717, 1.165) is 24.3 Å². The number of benzene rings is 2. The van der Waals surface area contributed by atoms with Gasteiger partial charge in [0.2, 0.25) is 0 Å². The van der Waals surface area contributed by atoms with Gasteiger partial charge in [0.25, 0.3) is 0 Å². The van der Waals surface area contributed by atoms with Gasteiger partial charge in [-0.1, -0.05) is 24.3 Å². The van der Waals surface area contributed by atoms with Crippen LogP contribution in [-0.2, 0) is 12.4 Å². The van der Waals surface area contributed by atoms with E-state index in [9.17, 15) is 36.2 Å². The lowest BCUT2D eigenvalue weighted by molar-refractivity contribution is -0.138. The van der Waals surface area contributed by atoms with E-state index in [2.05, 4.69) is 0 Å². The van der Waals surface area contributed by atoms with E-state index >= 15 is 0 Å². The molecule has 0 spiro atoms. The largest absolute Gasteiger partial charge is 0.416 e. The minimum absolute atomic E-state index is 0.0899. The number of carbonyl (C=O) groups excluding carboxylic acids is 1. The van der Waals surface area contributed by atoms with Crippen molar-refractivity contribution in [1.29, 1.82) is 0 Å². The van der Waals surface area contributed by atoms with Crippen LogP contribution in [0.25, 0.3) is 0 Å². The van der Waals surface area contributed by atoms with Crippen molar-refractivity contribution in [3.8, 4) is 0 Å². The second-order valence-electron chi connectivity index (χ2n) is 4.96. The average molecular weight is 348 g/mol. The highest BCUT2D eigenvalue weighted by atomic mass is 19.4. The Morgan fingerprint density at radius 1 is 0.750 bits per heavy atom. The molecule has 0 fully saturated rings. The molecule has 0 aromatic heterocycles. The number of Topliss-reactive ketones (excluding diaryl/α,β-unsaturated/α-hetero) is 1. The lowest BCUT2D eigenvalue weighted by Crippen LogP contribution is -2.14. The SMILES string of the molecule is O=C(c1ccc(C(F)(F)F)cc1)[C@@H](O)c1ccc(C(F)(F)F)cc1. The summed E-state index contributed by atoms with van der Waals surface area (Å²) >= 11 is 0. The van der Waals surface area contributed by atoms with E-state index in [4.69, 9.17) is 0 Å². The Hall–Kier alpha value is -2.35. The Balaban J connectivity index is 2.20. The summed E-state index contributed by atoms with van der Waals surface area (Å²) in [7, 11) is 0. The van der Waals surface area contributed by atoms with Crippen LogP contribution in [0, 0.1) is 0 Å². The molecule has 2 rings (SSSR count). The monoisotopic (exact) mass is 348 g/mol. The normalized spacial score (nSPS) is 13.6. The molecule has 0 amide bonds. The number of rotatable bonds is 3. The first-order valence-electron chi connectivity index (χ1n) is 6.57. The van der Waals surface area contributed by atoms with Crippen molar-refractivity contribution in [3.05, 3.63) is 70.8 Å². The second-order valence-corrected chi connectivity index (χ2v) is 4.96. The number of aliphatic hydroxyl groups excluding tert-OH is 1. The van der Waals surface area contributed by atoms with Crippen molar-refractivity contribution in [1.82, 2.24) is 0 Å². The van der Waals surface area contributed by atoms with Crippen LogP contribution in [0.4, 0.5) is 26.3 Å². The van der Waals surface area contributed by atoms with Crippen molar-refractivity contribution in [2.45, 2.75) is 18.5 Å². The van der Waals surface area contributed by atoms with E-state index in [1.54, 1.807) is 0 Å². The summed E-state index contributed by atoms with van der Waals surface area (Å²) in [6.45, 7) is 0. The fourth-order valence-electron chi connectivity index (χ4n) is 1.99. The lowest BCUT2D eigenvalue weighted by Gasteiger charge is -2.13. The number of hydrogen-bond donors (Lipinski definition) is 1. The summed E-state index contributed by atoms with van der Waals surface area (Å²) in [5, 5.41) is 9.91. The van der Waals surface area contributed by atoms with Gasteiger partial charge in [0.1, 0.15) is 6.10 Å². The standard InChI is InChI=1S/C16H10F6O2/c17-15(18,19)11-5-1-9(2-6-11)13(23)14(24)10-3-7-12(8-4-10)16(20,21)22/h1-8,13,23H/t13-/m0/s1. The van der Waals surface area contributed by atoms with Crippen LogP contribution in [0.3, 0.4) is 0 Å². The van der Waals surface area contributed by atoms with Gasteiger partial charge in [0, 0.05) is 5.56 Å². The molecule has 1 atom stereocenters. The van der Waals surface area contributed by atoms with Gasteiger partial charge in [-0.15, -0.1) is 0 Å². The van der Waals surface area contributed by atoms with Crippen molar-refractivity contribution < 1.29 is 36.2 Å². The van der Waals surface area contributed by atoms with Crippen molar-refractivity contribution in [2.75, 3.05) is 0 Å². The second kappa shape index (κ2) is 6.27. The molecule has 24 heavy (non-hydrogen) atoms. The summed E-state index contributed by atoms with van der Waals surface area (Å²) in [6.07, 6.45) is -10.9. The smallest absolute Gasteiger partial charge is 0.380 e. The van der Waals surface area contributed by atoms with E-state index in [1.807, 2.05) is 0 Å². The Morgan fingerprint density at radius 3 is 1.50 bits per heavy atom. The quantitative estimate of drug-likeness (QED) is 0.648. The predicted octanol–water partition coefficient (Wildman–Crippen LogP) is 4.64. The third-order valence-electron chi connectivity index (χ3n) is 3.30. The molecule has 1 N–H and O–H groups in total. The minimum Gasteiger partial charge on any atom is -0.380 e. The third-order valence-corrected chi connectivity index (χ3v) is 3.30. The topological polar surface area (TPSA) is 37.3 Å². The number of aliphatic hydroxyl groups is 1. The summed E-state index contributed by atoms with van der Waals surface area (Å²) in [6, 6.07) is 6.47. The summed E-state index contributed by atoms with van der Waals surface area (Å²) in [4.78, 5) is 12.0. The molecular formula is C16H10F6O2. The zero-order valence-electron chi connectivity index (χ0n) is 11.8. The molecular weight excluding hydrogens is 338 g/mol. The van der Waals surface area contributed by atoms with Gasteiger partial charge in [0.05, 0.1) is 11.1 Å². The molecule has 0 saturated carbocycles. The average Bonchev–Trinajstić information content (AvgIpc) is 2.52. The Morgan fingerprint density at radius 2 is 1.12 bits per heavy atom. The van der Waals surface area contributed by atoms with Crippen LogP contribution in [-0.4, -0.2) is 10.9 Å². The maximum Gasteiger partial charge on any atom is 0.416 e. The molecule has 0 bridgehead atoms. The highest BCUT2D eigenvalue weighted by molar-refractivity contribution is 5.99. The number of carbonyl (C=O) groups is 1. The third kappa shape index (κ3) is 3.94. The molecule has 2 aromatic rings. The Bertz CT molecular complexity index is 714. The van der Waals surface area contributed by atoms with Gasteiger partial charge < -0.3 is 5.11 Å². The molecule has 0 unspecified atom stereocenters. The van der Waals surface area contributed by atoms with Crippen molar-refractivity contribution in [3.63, 3.8) is 0 Å². The first kappa shape index (κ1) is 18.0. The fourth-order valence-corrected chi connectivity index (χ4v) is 1.99. The van der Waals surface area contributed by atoms with Gasteiger partial charge in [-0.05, 0) is 29.8 Å². The van der Waals surface area contributed by atoms with Crippen molar-refractivity contribution in [2.24, 2.45) is 0 Å². The Kier molecular flexibility index (Phi) is 4.70. The number of halogens is 6. The molecule has 0 aliphatic heterocycles. The highest BCUT2D eigenvalue weighted by Gasteiger charge is 2.32. The number of ketones is 1. The van der Waals surface area contributed by atoms with Crippen LogP contribution in [0.5, 0.6) is 0 Å². The summed E-state index contributed by atoms with van der Waals surface area (Å²) < 4.78 is 74.7. The van der Waals surface area contributed by atoms with Gasteiger partial charge >= 0.3 is 12.4 Å². The van der Waals surface area contributed by atoms with Crippen molar-refractivity contribution >= 4 is 5.78 Å². The van der Waals surface area contributed by atoms with Gasteiger partial charge in [-0.2, -0.15) is 26.3 Å². The zero-order chi connectivity index (χ0) is 18.1. The van der Waals surface area contributed by atoms with Crippen LogP contribution in [0.2, 0.25) is 0 Å².